The molecule has 4 aliphatic rings. The van der Waals surface area contributed by atoms with Crippen LogP contribution in [0.1, 0.15) is 68.5 Å². The van der Waals surface area contributed by atoms with Crippen LogP contribution in [0.4, 0.5) is 5.69 Å². The number of hydrogen-bond acceptors (Lipinski definition) is 8. The molecule has 1 amide bonds. The number of hydrogen-bond donors (Lipinski definition) is 3. The number of aromatic amines is 1. The predicted molar refractivity (Wildman–Crippen MR) is 191 cm³/mol. The molecule has 4 atom stereocenters. The summed E-state index contributed by atoms with van der Waals surface area (Å²) in [6.07, 6.45) is 5.14. The first-order valence-corrected chi connectivity index (χ1v) is 17.5. The van der Waals surface area contributed by atoms with Crippen LogP contribution in [-0.2, 0) is 21.4 Å². The highest BCUT2D eigenvalue weighted by Gasteiger charge is 2.61. The molecule has 10 heteroatoms. The Labute approximate surface area is 293 Å². The Kier molecular flexibility index (Phi) is 6.20. The Bertz CT molecular complexity index is 2500. The minimum absolute atomic E-state index is 0.0736. The third-order valence-electron chi connectivity index (χ3n) is 10.8. The smallest absolute Gasteiger partial charge is 0.249 e. The van der Waals surface area contributed by atoms with Crippen molar-refractivity contribution in [1.29, 1.82) is 0 Å². The summed E-state index contributed by atoms with van der Waals surface area (Å²) in [5.41, 5.74) is 7.97. The first-order chi connectivity index (χ1) is 24.7. The summed E-state index contributed by atoms with van der Waals surface area (Å²) in [5.74, 6) is 1.43. The number of benzene rings is 3. The van der Waals surface area contributed by atoms with Gasteiger partial charge in [-0.05, 0) is 55.5 Å². The fourth-order valence-electron chi connectivity index (χ4n) is 8.60. The second-order valence-electron chi connectivity index (χ2n) is 14.7. The summed E-state index contributed by atoms with van der Waals surface area (Å²) in [6.45, 7) is 7.80. The molecule has 1 unspecified atom stereocenters. The van der Waals surface area contributed by atoms with Crippen molar-refractivity contribution < 1.29 is 23.2 Å². The van der Waals surface area contributed by atoms with Gasteiger partial charge in [-0.2, -0.15) is 0 Å². The summed E-state index contributed by atoms with van der Waals surface area (Å²) in [5, 5.41) is 8.05. The fraction of sp³-hybridized carbons (Fsp3) is 0.268. The van der Waals surface area contributed by atoms with Gasteiger partial charge < -0.3 is 29.2 Å². The standard InChI is InChI=1S/C41H35N5O5/c1-19(2)13-23(47)16-22-14-21-11-12-30-28(15-21)41-27-9-5-8-25(34(27)46-40(41)50-30)24-7-6-10-29-32(24)26(17-42-29)31-18-43-38(49-31)35-36(41)51-39(45-35)33(20(3)4)44-37(22)48/h5-13,15,17-18,20,22,33,40,42,46H,14,16H2,1-4H3,(H,44,48)/t22-,33+,40+,41?/m1/s1. The maximum atomic E-state index is 14.2. The van der Waals surface area contributed by atoms with Crippen molar-refractivity contribution in [2.75, 3.05) is 5.32 Å². The largest absolute Gasteiger partial charge is 0.469 e. The van der Waals surface area contributed by atoms with E-state index in [1.54, 1.807) is 12.3 Å². The molecule has 1 spiro atoms. The first-order valence-electron chi connectivity index (χ1n) is 17.5. The van der Waals surface area contributed by atoms with E-state index in [0.29, 0.717) is 41.2 Å². The number of fused-ring (bicyclic) bond motifs is 7. The number of nitrogens with zero attached hydrogens (tertiary/aromatic N) is 2. The van der Waals surface area contributed by atoms with Gasteiger partial charge in [0.1, 0.15) is 17.2 Å². The predicted octanol–water partition coefficient (Wildman–Crippen LogP) is 7.85. The third kappa shape index (κ3) is 4.16. The van der Waals surface area contributed by atoms with Gasteiger partial charge >= 0.3 is 0 Å². The van der Waals surface area contributed by atoms with Crippen molar-refractivity contribution >= 4 is 28.3 Å². The van der Waals surface area contributed by atoms with Gasteiger partial charge in [-0.1, -0.05) is 61.9 Å². The molecule has 0 radical (unpaired) electrons. The lowest BCUT2D eigenvalue weighted by atomic mass is 9.72. The van der Waals surface area contributed by atoms with E-state index in [1.807, 2.05) is 46.0 Å². The Morgan fingerprint density at radius 2 is 1.86 bits per heavy atom. The molecular weight excluding hydrogens is 642 g/mol. The molecule has 3 aromatic heterocycles. The molecule has 51 heavy (non-hydrogen) atoms. The van der Waals surface area contributed by atoms with Crippen LogP contribution in [0.3, 0.4) is 0 Å². The van der Waals surface area contributed by atoms with Crippen molar-refractivity contribution in [2.45, 2.75) is 58.2 Å². The molecule has 10 rings (SSSR count). The van der Waals surface area contributed by atoms with Crippen LogP contribution >= 0.6 is 0 Å². The number of carbonyl (C=O) groups is 2. The normalized spacial score (nSPS) is 22.0. The summed E-state index contributed by atoms with van der Waals surface area (Å²) in [7, 11) is 0. The van der Waals surface area contributed by atoms with E-state index in [4.69, 9.17) is 23.5 Å². The van der Waals surface area contributed by atoms with Crippen LogP contribution < -0.4 is 15.4 Å². The monoisotopic (exact) mass is 677 g/mol. The Morgan fingerprint density at radius 3 is 2.71 bits per heavy atom. The zero-order valence-electron chi connectivity index (χ0n) is 28.6. The van der Waals surface area contributed by atoms with E-state index in [9.17, 15) is 9.59 Å². The van der Waals surface area contributed by atoms with Gasteiger partial charge in [0.2, 0.25) is 17.7 Å². The molecule has 3 N–H and O–H groups in total. The van der Waals surface area contributed by atoms with Crippen molar-refractivity contribution in [2.24, 2.45) is 11.8 Å². The SMILES string of the molecule is CC(C)=CC(=O)C[C@H]1Cc2ccc3c(c2)C24c5cccc(c5N[C@H]2O3)-c2cccc3[nH]cc(c23)-c2cnc(o2)-c2nc(oc24)[C@H](C(C)C)NC1=O. The molecule has 10 bridgehead atoms. The minimum Gasteiger partial charge on any atom is -0.469 e. The first kappa shape index (κ1) is 30.0. The zero-order valence-corrected chi connectivity index (χ0v) is 28.6. The van der Waals surface area contributed by atoms with Crippen molar-refractivity contribution in [3.05, 3.63) is 107 Å². The van der Waals surface area contributed by atoms with E-state index in [2.05, 4.69) is 58.1 Å². The maximum absolute atomic E-state index is 14.2. The molecule has 0 saturated carbocycles. The molecule has 0 fully saturated rings. The number of anilines is 1. The zero-order chi connectivity index (χ0) is 34.8. The highest BCUT2D eigenvalue weighted by molar-refractivity contribution is 6.07. The summed E-state index contributed by atoms with van der Waals surface area (Å²) >= 11 is 0. The highest BCUT2D eigenvalue weighted by atomic mass is 16.5. The number of amides is 1. The molecule has 7 heterocycles. The number of rotatable bonds is 4. The van der Waals surface area contributed by atoms with E-state index in [-0.39, 0.29) is 24.0 Å². The maximum Gasteiger partial charge on any atom is 0.249 e. The quantitative estimate of drug-likeness (QED) is 0.161. The van der Waals surface area contributed by atoms with Crippen molar-refractivity contribution in [1.82, 2.24) is 20.3 Å². The highest BCUT2D eigenvalue weighted by Crippen LogP contribution is 2.61. The number of nitrogens with one attached hydrogen (secondary N) is 3. The summed E-state index contributed by atoms with van der Waals surface area (Å²) in [6, 6.07) is 18.0. The van der Waals surface area contributed by atoms with Crippen molar-refractivity contribution in [3.8, 4) is 39.8 Å². The van der Waals surface area contributed by atoms with Gasteiger partial charge in [-0.25, -0.2) is 9.97 Å². The lowest BCUT2D eigenvalue weighted by molar-refractivity contribution is -0.129. The lowest BCUT2D eigenvalue weighted by Gasteiger charge is -2.28. The number of oxazole rings is 2. The van der Waals surface area contributed by atoms with Gasteiger partial charge in [-0.3, -0.25) is 9.59 Å². The number of ether oxygens (including phenoxy) is 1. The molecule has 0 aliphatic carbocycles. The number of H-pyrrole nitrogens is 1. The Hall–Kier alpha value is -5.90. The van der Waals surface area contributed by atoms with Gasteiger partial charge in [0, 0.05) is 57.4 Å². The summed E-state index contributed by atoms with van der Waals surface area (Å²) < 4.78 is 20.5. The molecule has 10 nitrogen and oxygen atoms in total. The topological polar surface area (TPSA) is 135 Å². The molecule has 3 aromatic carbocycles. The Balaban J connectivity index is 1.30. The average molecular weight is 678 g/mol. The van der Waals surface area contributed by atoms with E-state index >= 15 is 0 Å². The number of para-hydroxylation sites is 1. The second-order valence-corrected chi connectivity index (χ2v) is 14.7. The molecule has 254 valence electrons. The minimum atomic E-state index is -1.00. The average Bonchev–Trinajstić information content (AvgIpc) is 3.92. The van der Waals surface area contributed by atoms with Crippen LogP contribution in [0, 0.1) is 11.8 Å². The summed E-state index contributed by atoms with van der Waals surface area (Å²) in [4.78, 5) is 40.7. The molecular formula is C41H35N5O5. The van der Waals surface area contributed by atoms with Crippen LogP contribution in [0.25, 0.3) is 44.9 Å². The second kappa shape index (κ2) is 10.6. The van der Waals surface area contributed by atoms with E-state index < -0.39 is 23.6 Å². The Morgan fingerprint density at radius 1 is 1.02 bits per heavy atom. The molecule has 4 aliphatic heterocycles. The van der Waals surface area contributed by atoms with Crippen LogP contribution in [0.5, 0.6) is 5.75 Å². The van der Waals surface area contributed by atoms with E-state index in [0.717, 1.165) is 55.5 Å². The molecule has 0 saturated heterocycles. The van der Waals surface area contributed by atoms with Crippen molar-refractivity contribution in [3.63, 3.8) is 0 Å². The van der Waals surface area contributed by atoms with Gasteiger partial charge in [0.15, 0.2) is 29.2 Å². The number of aromatic nitrogens is 3. The van der Waals surface area contributed by atoms with Gasteiger partial charge in [-0.15, -0.1) is 0 Å². The fourth-order valence-corrected chi connectivity index (χ4v) is 8.60. The van der Waals surface area contributed by atoms with Crippen LogP contribution in [0.2, 0.25) is 0 Å². The number of carbonyl (C=O) groups excluding carboxylic acids is 2. The third-order valence-corrected chi connectivity index (χ3v) is 10.8. The van der Waals surface area contributed by atoms with Crippen LogP contribution in [-0.4, -0.2) is 32.9 Å². The lowest BCUT2D eigenvalue weighted by Crippen LogP contribution is -2.40. The van der Waals surface area contributed by atoms with Crippen LogP contribution in [0.15, 0.2) is 87.5 Å². The number of allylic oxidation sites excluding steroid dienone is 2. The molecule has 6 aromatic rings. The van der Waals surface area contributed by atoms with Gasteiger partial charge in [0.25, 0.3) is 0 Å². The van der Waals surface area contributed by atoms with Gasteiger partial charge in [0.05, 0.1) is 6.20 Å². The van der Waals surface area contributed by atoms with E-state index in [1.165, 1.54) is 0 Å². The number of ketones is 1.